The first-order valence-electron chi connectivity index (χ1n) is 4.32. The Labute approximate surface area is 98.4 Å². The van der Waals surface area contributed by atoms with E-state index in [4.69, 9.17) is 0 Å². The molecule has 4 nitrogen and oxygen atoms in total. The van der Waals surface area contributed by atoms with Gasteiger partial charge in [0.25, 0.3) is 6.43 Å². The Morgan fingerprint density at radius 2 is 2.31 bits per heavy atom. The summed E-state index contributed by atoms with van der Waals surface area (Å²) in [6.45, 7) is 1.70. The Bertz CT molecular complexity index is 412. The number of carbonyl (C=O) groups is 1. The third-order valence-corrected chi connectivity index (χ3v) is 2.25. The topological polar surface area (TPSA) is 59.4 Å². The van der Waals surface area contributed by atoms with Crippen molar-refractivity contribution >= 4 is 21.9 Å². The zero-order chi connectivity index (χ0) is 12.3. The maximum atomic E-state index is 12.5. The molecule has 0 spiro atoms. The van der Waals surface area contributed by atoms with E-state index in [1.54, 1.807) is 6.92 Å². The van der Waals surface area contributed by atoms with Gasteiger partial charge in [0.15, 0.2) is 5.75 Å². The molecule has 1 heterocycles. The van der Waals surface area contributed by atoms with Gasteiger partial charge in [-0.2, -0.15) is 0 Å². The molecule has 1 aromatic rings. The van der Waals surface area contributed by atoms with Crippen LogP contribution in [0.4, 0.5) is 8.78 Å². The van der Waals surface area contributed by atoms with Crippen molar-refractivity contribution in [1.29, 1.82) is 0 Å². The highest BCUT2D eigenvalue weighted by atomic mass is 79.9. The first-order valence-corrected chi connectivity index (χ1v) is 5.11. The third-order valence-electron chi connectivity index (χ3n) is 1.70. The lowest BCUT2D eigenvalue weighted by Gasteiger charge is -2.07. The summed E-state index contributed by atoms with van der Waals surface area (Å²) in [5.74, 6) is -1.49. The highest BCUT2D eigenvalue weighted by Crippen LogP contribution is 2.33. The lowest BCUT2D eigenvalue weighted by Crippen LogP contribution is -2.08. The zero-order valence-corrected chi connectivity index (χ0v) is 9.79. The van der Waals surface area contributed by atoms with Crippen LogP contribution >= 0.6 is 15.9 Å². The molecule has 0 saturated carbocycles. The number of rotatable bonds is 3. The maximum Gasteiger partial charge on any atom is 0.356 e. The minimum atomic E-state index is -2.90. The van der Waals surface area contributed by atoms with Gasteiger partial charge in [0.2, 0.25) is 0 Å². The second kappa shape index (κ2) is 5.20. The van der Waals surface area contributed by atoms with Crippen LogP contribution in [0, 0.1) is 0 Å². The molecule has 0 amide bonds. The normalized spacial score (nSPS) is 10.6. The molecular weight excluding hydrogens is 288 g/mol. The summed E-state index contributed by atoms with van der Waals surface area (Å²) in [7, 11) is 0. The monoisotopic (exact) mass is 295 g/mol. The van der Waals surface area contributed by atoms with Crippen molar-refractivity contribution in [2.24, 2.45) is 0 Å². The number of nitrogens with zero attached hydrogens (tertiary/aromatic N) is 1. The molecule has 1 rings (SSSR count). The Kier molecular flexibility index (Phi) is 4.17. The van der Waals surface area contributed by atoms with Crippen molar-refractivity contribution in [2.75, 3.05) is 6.61 Å². The van der Waals surface area contributed by atoms with Crippen LogP contribution in [0.2, 0.25) is 0 Å². The minimum absolute atomic E-state index is 0.114. The van der Waals surface area contributed by atoms with Gasteiger partial charge >= 0.3 is 5.97 Å². The van der Waals surface area contributed by atoms with E-state index in [0.29, 0.717) is 0 Å². The number of alkyl halides is 2. The molecular formula is C9H8BrF2NO3. The van der Waals surface area contributed by atoms with E-state index >= 15 is 0 Å². The van der Waals surface area contributed by atoms with Crippen LogP contribution < -0.4 is 0 Å². The number of aromatic nitrogens is 1. The van der Waals surface area contributed by atoms with Gasteiger partial charge in [0, 0.05) is 0 Å². The van der Waals surface area contributed by atoms with E-state index < -0.39 is 23.7 Å². The van der Waals surface area contributed by atoms with Crippen LogP contribution in [-0.2, 0) is 4.74 Å². The molecule has 1 N–H and O–H groups in total. The molecule has 0 fully saturated rings. The van der Waals surface area contributed by atoms with Crippen LogP contribution in [0.25, 0.3) is 0 Å². The number of halogens is 3. The number of aromatic hydroxyl groups is 1. The Morgan fingerprint density at radius 1 is 1.69 bits per heavy atom. The van der Waals surface area contributed by atoms with Crippen LogP contribution in [0.3, 0.4) is 0 Å². The lowest BCUT2D eigenvalue weighted by atomic mass is 10.2. The van der Waals surface area contributed by atoms with Crippen molar-refractivity contribution in [3.8, 4) is 5.75 Å². The Morgan fingerprint density at radius 3 is 2.81 bits per heavy atom. The van der Waals surface area contributed by atoms with Gasteiger partial charge in [-0.25, -0.2) is 18.6 Å². The van der Waals surface area contributed by atoms with Crippen molar-refractivity contribution in [1.82, 2.24) is 4.98 Å². The van der Waals surface area contributed by atoms with Crippen molar-refractivity contribution < 1.29 is 23.4 Å². The summed E-state index contributed by atoms with van der Waals surface area (Å²) in [5, 5.41) is 9.26. The van der Waals surface area contributed by atoms with Gasteiger partial charge in [0.05, 0.1) is 12.2 Å². The van der Waals surface area contributed by atoms with Crippen molar-refractivity contribution in [2.45, 2.75) is 13.3 Å². The smallest absolute Gasteiger partial charge is 0.356 e. The molecule has 7 heteroatoms. The predicted octanol–water partition coefficient (Wildman–Crippen LogP) is 2.66. The molecule has 88 valence electrons. The molecule has 0 aliphatic carbocycles. The second-order valence-electron chi connectivity index (χ2n) is 2.76. The summed E-state index contributed by atoms with van der Waals surface area (Å²) in [4.78, 5) is 14.8. The van der Waals surface area contributed by atoms with E-state index in [-0.39, 0.29) is 16.9 Å². The van der Waals surface area contributed by atoms with E-state index in [1.165, 1.54) is 0 Å². The highest BCUT2D eigenvalue weighted by molar-refractivity contribution is 9.10. The molecule has 16 heavy (non-hydrogen) atoms. The van der Waals surface area contributed by atoms with Gasteiger partial charge in [-0.15, -0.1) is 0 Å². The lowest BCUT2D eigenvalue weighted by molar-refractivity contribution is 0.0518. The molecule has 1 aromatic heterocycles. The fourth-order valence-corrected chi connectivity index (χ4v) is 1.42. The third kappa shape index (κ3) is 2.66. The highest BCUT2D eigenvalue weighted by Gasteiger charge is 2.20. The van der Waals surface area contributed by atoms with Gasteiger partial charge in [-0.05, 0) is 28.9 Å². The van der Waals surface area contributed by atoms with Gasteiger partial charge in [-0.1, -0.05) is 0 Å². The minimum Gasteiger partial charge on any atom is -0.505 e. The Balaban J connectivity index is 3.18. The summed E-state index contributed by atoms with van der Waals surface area (Å²) < 4.78 is 29.3. The molecule has 0 saturated heterocycles. The summed E-state index contributed by atoms with van der Waals surface area (Å²) in [5.41, 5.74) is -0.938. The van der Waals surface area contributed by atoms with E-state index in [2.05, 4.69) is 25.7 Å². The van der Waals surface area contributed by atoms with E-state index in [9.17, 15) is 18.7 Å². The van der Waals surface area contributed by atoms with Crippen LogP contribution in [-0.4, -0.2) is 22.7 Å². The number of hydrogen-bond acceptors (Lipinski definition) is 4. The second-order valence-corrected chi connectivity index (χ2v) is 3.51. The molecule has 0 aromatic carbocycles. The molecule has 0 bridgehead atoms. The van der Waals surface area contributed by atoms with Gasteiger partial charge < -0.3 is 9.84 Å². The van der Waals surface area contributed by atoms with Crippen LogP contribution in [0.5, 0.6) is 5.75 Å². The number of pyridine rings is 1. The van der Waals surface area contributed by atoms with E-state index in [1.807, 2.05) is 0 Å². The molecule has 0 aliphatic heterocycles. The first kappa shape index (κ1) is 12.8. The average Bonchev–Trinajstić information content (AvgIpc) is 2.21. The van der Waals surface area contributed by atoms with Gasteiger partial charge in [-0.3, -0.25) is 0 Å². The summed E-state index contributed by atoms with van der Waals surface area (Å²) in [6.07, 6.45) is -2.90. The van der Waals surface area contributed by atoms with Gasteiger partial charge in [0.1, 0.15) is 10.3 Å². The zero-order valence-electron chi connectivity index (χ0n) is 8.21. The fourth-order valence-electron chi connectivity index (χ4n) is 1.00. The maximum absolute atomic E-state index is 12.5. The van der Waals surface area contributed by atoms with Crippen molar-refractivity contribution in [3.63, 3.8) is 0 Å². The number of hydrogen-bond donors (Lipinski definition) is 1. The fraction of sp³-hybridized carbons (Fsp3) is 0.333. The Hall–Kier alpha value is -1.24. The predicted molar refractivity (Wildman–Crippen MR) is 54.5 cm³/mol. The van der Waals surface area contributed by atoms with Crippen LogP contribution in [0.15, 0.2) is 10.7 Å². The SMILES string of the molecule is CCOC(=O)c1cc(C(F)F)c(O)c(Br)n1. The molecule has 0 radical (unpaired) electrons. The summed E-state index contributed by atoms with van der Waals surface area (Å²) in [6, 6.07) is 0.808. The van der Waals surface area contributed by atoms with Crippen LogP contribution in [0.1, 0.15) is 29.4 Å². The molecule has 0 unspecified atom stereocenters. The largest absolute Gasteiger partial charge is 0.505 e. The number of ether oxygens (including phenoxy) is 1. The summed E-state index contributed by atoms with van der Waals surface area (Å²) >= 11 is 2.78. The number of esters is 1. The number of carbonyl (C=O) groups excluding carboxylic acids is 1. The molecule has 0 atom stereocenters. The first-order chi connectivity index (χ1) is 7.47. The standard InChI is InChI=1S/C9H8BrF2NO3/c1-2-16-9(15)5-3-4(8(11)12)6(14)7(10)13-5/h3,8,14H,2H2,1H3. The molecule has 0 aliphatic rings. The quantitative estimate of drug-likeness (QED) is 0.688. The van der Waals surface area contributed by atoms with E-state index in [0.717, 1.165) is 6.07 Å². The van der Waals surface area contributed by atoms with Crippen molar-refractivity contribution in [3.05, 3.63) is 21.9 Å². The average molecular weight is 296 g/mol.